The number of hydrogen-bond acceptors (Lipinski definition) is 3. The Labute approximate surface area is 124 Å². The zero-order valence-corrected chi connectivity index (χ0v) is 12.4. The van der Waals surface area contributed by atoms with Crippen LogP contribution in [0.2, 0.25) is 0 Å². The molecule has 1 aromatic carbocycles. The first-order chi connectivity index (χ1) is 9.90. The normalized spacial score (nSPS) is 9.86. The molecule has 1 amide bonds. The van der Waals surface area contributed by atoms with Crippen LogP contribution in [0.3, 0.4) is 0 Å². The third-order valence-electron chi connectivity index (χ3n) is 2.21. The summed E-state index contributed by atoms with van der Waals surface area (Å²) in [4.78, 5) is 14.2. The third-order valence-corrected chi connectivity index (χ3v) is 2.21. The first kappa shape index (κ1) is 16.4. The fourth-order valence-electron chi connectivity index (χ4n) is 1.46. The lowest BCUT2D eigenvalue weighted by molar-refractivity contribution is 0.0523. The maximum absolute atomic E-state index is 11.6. The lowest BCUT2D eigenvalue weighted by atomic mass is 10.1. The summed E-state index contributed by atoms with van der Waals surface area (Å²) in [6, 6.07) is 7.44. The summed E-state index contributed by atoms with van der Waals surface area (Å²) in [5.41, 5.74) is 9.34. The van der Waals surface area contributed by atoms with Crippen molar-refractivity contribution in [2.45, 2.75) is 32.9 Å². The van der Waals surface area contributed by atoms with Gasteiger partial charge in [0.05, 0.1) is 6.54 Å². The van der Waals surface area contributed by atoms with Crippen molar-refractivity contribution in [2.75, 3.05) is 6.54 Å². The average molecular weight is 286 g/mol. The molecule has 1 rings (SSSR count). The Bertz CT molecular complexity index is 602. The van der Waals surface area contributed by atoms with Gasteiger partial charge >= 0.3 is 6.09 Å². The van der Waals surface area contributed by atoms with Gasteiger partial charge in [-0.05, 0) is 44.0 Å². The number of nitrogens with one attached hydrogen (secondary N) is 1. The molecule has 0 aliphatic rings. The van der Waals surface area contributed by atoms with E-state index in [0.717, 1.165) is 11.1 Å². The summed E-state index contributed by atoms with van der Waals surface area (Å²) in [5, 5.41) is 6.02. The number of nitrogens with zero attached hydrogens (tertiary/aromatic N) is 3. The SMILES string of the molecule is CC(C)(C)OC(=O)NCc1cccc(C#CCN=[N+]=[N-])c1. The molecule has 0 aromatic heterocycles. The van der Waals surface area contributed by atoms with Crippen LogP contribution < -0.4 is 5.32 Å². The van der Waals surface area contributed by atoms with Crippen molar-refractivity contribution in [3.63, 3.8) is 0 Å². The number of azide groups is 1. The molecule has 0 fully saturated rings. The van der Waals surface area contributed by atoms with Crippen LogP contribution in [0.25, 0.3) is 10.4 Å². The Hall–Kier alpha value is -2.64. The maximum atomic E-state index is 11.6. The zero-order valence-electron chi connectivity index (χ0n) is 12.4. The third kappa shape index (κ3) is 7.51. The number of amides is 1. The Morgan fingerprint density at radius 3 is 2.90 bits per heavy atom. The van der Waals surface area contributed by atoms with Gasteiger partial charge in [0.1, 0.15) is 5.60 Å². The molecule has 0 heterocycles. The second kappa shape index (κ2) is 7.83. The molecule has 1 N–H and O–H groups in total. The van der Waals surface area contributed by atoms with Crippen molar-refractivity contribution in [3.05, 3.63) is 45.8 Å². The van der Waals surface area contributed by atoms with E-state index in [-0.39, 0.29) is 6.54 Å². The van der Waals surface area contributed by atoms with Crippen LogP contribution in [-0.2, 0) is 11.3 Å². The minimum absolute atomic E-state index is 0.136. The Balaban J connectivity index is 2.58. The predicted octanol–water partition coefficient (Wildman–Crippen LogP) is 3.37. The van der Waals surface area contributed by atoms with Gasteiger partial charge in [-0.15, -0.1) is 0 Å². The highest BCUT2D eigenvalue weighted by Crippen LogP contribution is 2.08. The molecule has 6 nitrogen and oxygen atoms in total. The topological polar surface area (TPSA) is 87.1 Å². The minimum atomic E-state index is -0.515. The van der Waals surface area contributed by atoms with E-state index in [4.69, 9.17) is 10.3 Å². The summed E-state index contributed by atoms with van der Waals surface area (Å²) in [5.74, 6) is 5.63. The van der Waals surface area contributed by atoms with Gasteiger partial charge < -0.3 is 10.1 Å². The smallest absolute Gasteiger partial charge is 0.407 e. The summed E-state index contributed by atoms with van der Waals surface area (Å²) in [6.45, 7) is 5.93. The molecule has 0 bridgehead atoms. The number of benzene rings is 1. The molecule has 0 aliphatic heterocycles. The van der Waals surface area contributed by atoms with E-state index in [0.29, 0.717) is 6.54 Å². The lowest BCUT2D eigenvalue weighted by Gasteiger charge is -2.19. The van der Waals surface area contributed by atoms with Gasteiger partial charge in [0.15, 0.2) is 0 Å². The second-order valence-electron chi connectivity index (χ2n) is 5.25. The molecular formula is C15H18N4O2. The second-order valence-corrected chi connectivity index (χ2v) is 5.25. The highest BCUT2D eigenvalue weighted by atomic mass is 16.6. The number of ether oxygens (including phenoxy) is 1. The van der Waals surface area contributed by atoms with Gasteiger partial charge in [-0.2, -0.15) is 0 Å². The van der Waals surface area contributed by atoms with E-state index in [1.165, 1.54) is 0 Å². The number of rotatable bonds is 3. The van der Waals surface area contributed by atoms with Crippen molar-refractivity contribution in [3.8, 4) is 11.8 Å². The summed E-state index contributed by atoms with van der Waals surface area (Å²) in [7, 11) is 0. The quantitative estimate of drug-likeness (QED) is 0.399. The van der Waals surface area contributed by atoms with Crippen LogP contribution >= 0.6 is 0 Å². The number of hydrogen-bond donors (Lipinski definition) is 1. The van der Waals surface area contributed by atoms with E-state index >= 15 is 0 Å². The Morgan fingerprint density at radius 1 is 1.48 bits per heavy atom. The molecule has 21 heavy (non-hydrogen) atoms. The monoisotopic (exact) mass is 286 g/mol. The van der Waals surface area contributed by atoms with E-state index in [1.807, 2.05) is 45.0 Å². The van der Waals surface area contributed by atoms with Gasteiger partial charge in [0.2, 0.25) is 0 Å². The highest BCUT2D eigenvalue weighted by molar-refractivity contribution is 5.67. The number of carbonyl (C=O) groups is 1. The highest BCUT2D eigenvalue weighted by Gasteiger charge is 2.15. The molecule has 0 spiro atoms. The van der Waals surface area contributed by atoms with Crippen molar-refractivity contribution in [2.24, 2.45) is 5.11 Å². The minimum Gasteiger partial charge on any atom is -0.444 e. The molecule has 0 atom stereocenters. The molecule has 0 radical (unpaired) electrons. The molecule has 0 unspecified atom stereocenters. The largest absolute Gasteiger partial charge is 0.444 e. The van der Waals surface area contributed by atoms with E-state index in [1.54, 1.807) is 0 Å². The van der Waals surface area contributed by atoms with Crippen LogP contribution in [0, 0.1) is 11.8 Å². The molecular weight excluding hydrogens is 268 g/mol. The standard InChI is InChI=1S/C15H18N4O2/c1-15(2,3)21-14(20)17-11-13-7-4-6-12(10-13)8-5-9-18-19-16/h4,6-7,10H,9,11H2,1-3H3,(H,17,20). The Kier molecular flexibility index (Phi) is 6.12. The number of alkyl carbamates (subject to hydrolysis) is 1. The van der Waals surface area contributed by atoms with Crippen LogP contribution in [0.1, 0.15) is 31.9 Å². The molecule has 110 valence electrons. The van der Waals surface area contributed by atoms with Crippen LogP contribution in [0.4, 0.5) is 4.79 Å². The summed E-state index contributed by atoms with van der Waals surface area (Å²) >= 11 is 0. The van der Waals surface area contributed by atoms with Crippen molar-refractivity contribution in [1.82, 2.24) is 5.32 Å². The fourth-order valence-corrected chi connectivity index (χ4v) is 1.46. The van der Waals surface area contributed by atoms with Crippen LogP contribution in [0.5, 0.6) is 0 Å². The summed E-state index contributed by atoms with van der Waals surface area (Å²) < 4.78 is 5.16. The van der Waals surface area contributed by atoms with E-state index in [9.17, 15) is 4.79 Å². The zero-order chi connectivity index (χ0) is 15.7. The summed E-state index contributed by atoms with van der Waals surface area (Å²) in [6.07, 6.45) is -0.456. The van der Waals surface area contributed by atoms with Gasteiger partial charge in [-0.1, -0.05) is 29.1 Å². The molecule has 0 aliphatic carbocycles. The molecule has 1 aromatic rings. The predicted molar refractivity (Wildman–Crippen MR) is 80.4 cm³/mol. The van der Waals surface area contributed by atoms with Crippen molar-refractivity contribution in [1.29, 1.82) is 0 Å². The fraction of sp³-hybridized carbons (Fsp3) is 0.400. The van der Waals surface area contributed by atoms with Gasteiger partial charge in [0, 0.05) is 17.0 Å². The lowest BCUT2D eigenvalue weighted by Crippen LogP contribution is -2.32. The molecule has 0 saturated carbocycles. The van der Waals surface area contributed by atoms with Crippen molar-refractivity contribution < 1.29 is 9.53 Å². The number of carbonyl (C=O) groups excluding carboxylic acids is 1. The maximum Gasteiger partial charge on any atom is 0.407 e. The molecule has 0 saturated heterocycles. The van der Waals surface area contributed by atoms with Gasteiger partial charge in [-0.3, -0.25) is 0 Å². The Morgan fingerprint density at radius 2 is 2.24 bits per heavy atom. The first-order valence-electron chi connectivity index (χ1n) is 6.46. The van der Waals surface area contributed by atoms with Gasteiger partial charge in [0.25, 0.3) is 0 Å². The van der Waals surface area contributed by atoms with Crippen LogP contribution in [0.15, 0.2) is 29.4 Å². The van der Waals surface area contributed by atoms with Gasteiger partial charge in [-0.25, -0.2) is 4.79 Å². The van der Waals surface area contributed by atoms with E-state index in [2.05, 4.69) is 27.2 Å². The average Bonchev–Trinajstić information content (AvgIpc) is 2.40. The van der Waals surface area contributed by atoms with E-state index < -0.39 is 11.7 Å². The van der Waals surface area contributed by atoms with Crippen molar-refractivity contribution >= 4 is 6.09 Å². The van der Waals surface area contributed by atoms with Crippen LogP contribution in [-0.4, -0.2) is 18.2 Å². The molecule has 6 heteroatoms. The first-order valence-corrected chi connectivity index (χ1v) is 6.46.